The number of hydrogen-bond donors (Lipinski definition) is 1. The van der Waals surface area contributed by atoms with Crippen LogP contribution in [0.3, 0.4) is 0 Å². The molecule has 168 valence electrons. The molecule has 0 aliphatic carbocycles. The summed E-state index contributed by atoms with van der Waals surface area (Å²) in [6.45, 7) is 2.59. The van der Waals surface area contributed by atoms with E-state index >= 15 is 0 Å². The van der Waals surface area contributed by atoms with Crippen molar-refractivity contribution in [2.75, 3.05) is 18.9 Å². The Morgan fingerprint density at radius 1 is 1.12 bits per heavy atom. The Balaban J connectivity index is 1.42. The number of amides is 1. The highest BCUT2D eigenvalue weighted by Crippen LogP contribution is 2.25. The zero-order valence-electron chi connectivity index (χ0n) is 17.4. The van der Waals surface area contributed by atoms with E-state index in [0.717, 1.165) is 11.1 Å². The Morgan fingerprint density at radius 3 is 2.53 bits per heavy atom. The fraction of sp³-hybridized carbons (Fsp3) is 0.273. The third-order valence-corrected chi connectivity index (χ3v) is 5.66. The molecule has 0 aliphatic heterocycles. The number of carbonyl (C=O) groups excluding carboxylic acids is 2. The Kier molecular flexibility index (Phi) is 8.64. The molecule has 0 saturated carbocycles. The molecule has 32 heavy (non-hydrogen) atoms. The number of carbonyl (C=O) groups is 2. The van der Waals surface area contributed by atoms with Crippen LogP contribution in [-0.4, -0.2) is 45.5 Å². The number of thioether (sulfide) groups is 1. The van der Waals surface area contributed by atoms with Crippen LogP contribution in [0, 0.1) is 5.82 Å². The molecule has 1 amide bonds. The number of hydrogen-bond acceptors (Lipinski definition) is 6. The van der Waals surface area contributed by atoms with Crippen molar-refractivity contribution < 1.29 is 18.7 Å². The van der Waals surface area contributed by atoms with Crippen LogP contribution in [0.1, 0.15) is 12.5 Å². The zero-order chi connectivity index (χ0) is 22.9. The van der Waals surface area contributed by atoms with E-state index in [4.69, 9.17) is 16.3 Å². The van der Waals surface area contributed by atoms with Crippen molar-refractivity contribution in [2.24, 2.45) is 0 Å². The number of nitrogens with zero attached hydrogens (tertiary/aromatic N) is 3. The second-order valence-electron chi connectivity index (χ2n) is 6.73. The fourth-order valence-electron chi connectivity index (χ4n) is 2.85. The van der Waals surface area contributed by atoms with Crippen LogP contribution >= 0.6 is 23.4 Å². The largest absolute Gasteiger partial charge is 0.455 e. The Hall–Kier alpha value is -2.91. The van der Waals surface area contributed by atoms with Crippen molar-refractivity contribution >= 4 is 35.2 Å². The molecule has 0 radical (unpaired) electrons. The summed E-state index contributed by atoms with van der Waals surface area (Å²) in [5.74, 6) is -0.544. The van der Waals surface area contributed by atoms with Gasteiger partial charge in [-0.15, -0.1) is 10.2 Å². The molecule has 3 aromatic rings. The first-order chi connectivity index (χ1) is 15.5. The van der Waals surface area contributed by atoms with Gasteiger partial charge in [0.1, 0.15) is 5.82 Å². The minimum Gasteiger partial charge on any atom is -0.455 e. The van der Waals surface area contributed by atoms with E-state index < -0.39 is 11.9 Å². The van der Waals surface area contributed by atoms with E-state index in [1.165, 1.54) is 23.9 Å². The van der Waals surface area contributed by atoms with E-state index in [1.807, 2.05) is 23.6 Å². The van der Waals surface area contributed by atoms with Crippen LogP contribution in [0.5, 0.6) is 0 Å². The van der Waals surface area contributed by atoms with Gasteiger partial charge in [0, 0.05) is 23.7 Å². The van der Waals surface area contributed by atoms with Gasteiger partial charge in [-0.3, -0.25) is 9.59 Å². The maximum atomic E-state index is 12.9. The molecule has 0 atom stereocenters. The van der Waals surface area contributed by atoms with E-state index in [1.54, 1.807) is 24.3 Å². The first kappa shape index (κ1) is 23.7. The van der Waals surface area contributed by atoms with Crippen LogP contribution in [-0.2, 0) is 27.3 Å². The maximum absolute atomic E-state index is 12.9. The smallest absolute Gasteiger partial charge is 0.316 e. The Bertz CT molecular complexity index is 1060. The van der Waals surface area contributed by atoms with Gasteiger partial charge < -0.3 is 14.6 Å². The maximum Gasteiger partial charge on any atom is 0.316 e. The van der Waals surface area contributed by atoms with Gasteiger partial charge in [-0.05, 0) is 55.3 Å². The molecule has 0 bridgehead atoms. The van der Waals surface area contributed by atoms with Gasteiger partial charge in [-0.2, -0.15) is 0 Å². The first-order valence-corrected chi connectivity index (χ1v) is 11.3. The molecule has 7 nitrogen and oxygen atoms in total. The summed E-state index contributed by atoms with van der Waals surface area (Å²) in [7, 11) is 0. The lowest BCUT2D eigenvalue weighted by Crippen LogP contribution is -2.30. The van der Waals surface area contributed by atoms with Crippen molar-refractivity contribution in [3.63, 3.8) is 0 Å². The van der Waals surface area contributed by atoms with Crippen LogP contribution in [0.15, 0.2) is 53.7 Å². The van der Waals surface area contributed by atoms with Crippen molar-refractivity contribution in [1.82, 2.24) is 20.1 Å². The second-order valence-corrected chi connectivity index (χ2v) is 8.11. The highest BCUT2D eigenvalue weighted by atomic mass is 35.5. The van der Waals surface area contributed by atoms with Gasteiger partial charge >= 0.3 is 5.97 Å². The second kappa shape index (κ2) is 11.6. The zero-order valence-corrected chi connectivity index (χ0v) is 19.0. The molecule has 10 heteroatoms. The van der Waals surface area contributed by atoms with E-state index in [9.17, 15) is 14.0 Å². The molecule has 0 aliphatic rings. The van der Waals surface area contributed by atoms with Gasteiger partial charge in [0.15, 0.2) is 17.6 Å². The number of benzene rings is 2. The molecular weight excluding hydrogens is 455 g/mol. The minimum atomic E-state index is -0.526. The number of nitrogens with one attached hydrogen (secondary N) is 1. The summed E-state index contributed by atoms with van der Waals surface area (Å²) in [5, 5.41) is 12.3. The number of rotatable bonds is 10. The molecule has 1 heterocycles. The molecule has 0 unspecified atom stereocenters. The van der Waals surface area contributed by atoms with Crippen molar-refractivity contribution in [1.29, 1.82) is 0 Å². The van der Waals surface area contributed by atoms with E-state index in [0.29, 0.717) is 35.5 Å². The van der Waals surface area contributed by atoms with Crippen molar-refractivity contribution in [3.8, 4) is 11.4 Å². The number of halogens is 2. The minimum absolute atomic E-state index is 0.00160. The summed E-state index contributed by atoms with van der Waals surface area (Å²) in [6, 6.07) is 13.3. The summed E-state index contributed by atoms with van der Waals surface area (Å²) in [6.07, 6.45) is 0.554. The average Bonchev–Trinajstić information content (AvgIpc) is 3.21. The Labute approximate surface area is 194 Å². The van der Waals surface area contributed by atoms with Crippen LogP contribution in [0.25, 0.3) is 11.4 Å². The molecule has 2 aromatic carbocycles. The van der Waals surface area contributed by atoms with Crippen molar-refractivity contribution in [2.45, 2.75) is 25.0 Å². The van der Waals surface area contributed by atoms with Gasteiger partial charge in [0.05, 0.1) is 5.75 Å². The monoisotopic (exact) mass is 476 g/mol. The number of ether oxygens (including phenoxy) is 1. The van der Waals surface area contributed by atoms with E-state index in [2.05, 4.69) is 15.5 Å². The lowest BCUT2D eigenvalue weighted by atomic mass is 10.1. The summed E-state index contributed by atoms with van der Waals surface area (Å²) in [4.78, 5) is 23.9. The van der Waals surface area contributed by atoms with Crippen LogP contribution in [0.2, 0.25) is 5.02 Å². The molecule has 0 fully saturated rings. The van der Waals surface area contributed by atoms with Gasteiger partial charge in [-0.25, -0.2) is 4.39 Å². The SMILES string of the molecule is CCn1c(SCC(=O)OCC(=O)NCCc2ccc(F)cc2)nnc1-c1ccc(Cl)cc1. The molecule has 0 saturated heterocycles. The first-order valence-electron chi connectivity index (χ1n) is 9.95. The predicted molar refractivity (Wildman–Crippen MR) is 121 cm³/mol. The standard InChI is InChI=1S/C22H22ClFN4O3S/c1-2-28-21(16-5-7-17(23)8-6-16)26-27-22(28)32-14-20(30)31-13-19(29)25-12-11-15-3-9-18(24)10-4-15/h3-10H,2,11-14H2,1H3,(H,25,29). The molecule has 1 aromatic heterocycles. The molecule has 1 N–H and O–H groups in total. The third-order valence-electron chi connectivity index (χ3n) is 4.47. The number of aromatic nitrogens is 3. The van der Waals surface area contributed by atoms with Gasteiger partial charge in [0.2, 0.25) is 0 Å². The summed E-state index contributed by atoms with van der Waals surface area (Å²) >= 11 is 7.13. The van der Waals surface area contributed by atoms with Gasteiger partial charge in [0.25, 0.3) is 5.91 Å². The van der Waals surface area contributed by atoms with Gasteiger partial charge in [-0.1, -0.05) is 35.5 Å². The normalized spacial score (nSPS) is 10.7. The molecule has 3 rings (SSSR count). The highest BCUT2D eigenvalue weighted by molar-refractivity contribution is 7.99. The molecule has 0 spiro atoms. The van der Waals surface area contributed by atoms with Crippen molar-refractivity contribution in [3.05, 3.63) is 64.9 Å². The fourth-order valence-corrected chi connectivity index (χ4v) is 3.78. The highest BCUT2D eigenvalue weighted by Gasteiger charge is 2.15. The quantitative estimate of drug-likeness (QED) is 0.354. The predicted octanol–water partition coefficient (Wildman–Crippen LogP) is 3.75. The lowest BCUT2D eigenvalue weighted by molar-refractivity contribution is -0.145. The summed E-state index contributed by atoms with van der Waals surface area (Å²) in [5.41, 5.74) is 1.77. The average molecular weight is 477 g/mol. The lowest BCUT2D eigenvalue weighted by Gasteiger charge is -2.08. The summed E-state index contributed by atoms with van der Waals surface area (Å²) < 4.78 is 19.8. The Morgan fingerprint density at radius 2 is 1.84 bits per heavy atom. The number of esters is 1. The van der Waals surface area contributed by atoms with Crippen LogP contribution in [0.4, 0.5) is 4.39 Å². The van der Waals surface area contributed by atoms with Crippen LogP contribution < -0.4 is 5.32 Å². The topological polar surface area (TPSA) is 86.1 Å². The third kappa shape index (κ3) is 6.80. The van der Waals surface area contributed by atoms with E-state index in [-0.39, 0.29) is 18.2 Å². The molecular formula is C22H22ClFN4O3S.